The number of ether oxygens (including phenoxy) is 1. The maximum atomic E-state index is 5.83. The van der Waals surface area contributed by atoms with Gasteiger partial charge in [0.15, 0.2) is 0 Å². The molecule has 2 nitrogen and oxygen atoms in total. The summed E-state index contributed by atoms with van der Waals surface area (Å²) >= 11 is 0. The van der Waals surface area contributed by atoms with Gasteiger partial charge in [-0.1, -0.05) is 19.1 Å². The fourth-order valence-electron chi connectivity index (χ4n) is 1.91. The first-order chi connectivity index (χ1) is 8.61. The van der Waals surface area contributed by atoms with E-state index in [-0.39, 0.29) is 6.10 Å². The predicted octanol–water partition coefficient (Wildman–Crippen LogP) is 4.31. The van der Waals surface area contributed by atoms with E-state index in [2.05, 4.69) is 30.6 Å². The molecule has 0 N–H and O–H groups in total. The number of hydrogen-bond acceptors (Lipinski definition) is 2. The molecule has 0 aliphatic rings. The summed E-state index contributed by atoms with van der Waals surface area (Å²) in [7, 11) is 0. The Balaban J connectivity index is 2.54. The monoisotopic (exact) mass is 241 g/mol. The summed E-state index contributed by atoms with van der Waals surface area (Å²) in [4.78, 5) is 4.37. The lowest BCUT2D eigenvalue weighted by Crippen LogP contribution is -2.06. The molecule has 1 atom stereocenters. The summed E-state index contributed by atoms with van der Waals surface area (Å²) in [5, 5.41) is 1.07. The average molecular weight is 241 g/mol. The third-order valence-corrected chi connectivity index (χ3v) is 2.97. The van der Waals surface area contributed by atoms with Gasteiger partial charge in [-0.2, -0.15) is 0 Å². The Hall–Kier alpha value is -1.83. The Morgan fingerprint density at radius 1 is 1.22 bits per heavy atom. The molecule has 94 valence electrons. The number of allylic oxidation sites excluding steroid dienone is 1. The summed E-state index contributed by atoms with van der Waals surface area (Å²) in [5.74, 6) is 1.23. The Labute approximate surface area is 108 Å². The topological polar surface area (TPSA) is 22.1 Å². The third-order valence-electron chi connectivity index (χ3n) is 2.97. The fourth-order valence-corrected chi connectivity index (χ4v) is 1.91. The Kier molecular flexibility index (Phi) is 3.66. The summed E-state index contributed by atoms with van der Waals surface area (Å²) < 4.78 is 5.83. The molecule has 1 heterocycles. The van der Waals surface area contributed by atoms with Crippen molar-refractivity contribution in [3.05, 3.63) is 48.7 Å². The number of hydrogen-bond donors (Lipinski definition) is 0. The van der Waals surface area contributed by atoms with Crippen molar-refractivity contribution >= 4 is 10.9 Å². The molecule has 18 heavy (non-hydrogen) atoms. The zero-order chi connectivity index (χ0) is 13.1. The predicted molar refractivity (Wildman–Crippen MR) is 76.1 cm³/mol. The van der Waals surface area contributed by atoms with Crippen molar-refractivity contribution < 1.29 is 4.74 Å². The molecule has 0 radical (unpaired) electrons. The quantitative estimate of drug-likeness (QED) is 0.744. The van der Waals surface area contributed by atoms with Gasteiger partial charge in [-0.3, -0.25) is 4.98 Å². The number of pyridine rings is 1. The molecule has 0 saturated heterocycles. The molecule has 1 aromatic carbocycles. The normalized spacial score (nSPS) is 12.7. The van der Waals surface area contributed by atoms with Crippen LogP contribution in [-0.4, -0.2) is 11.1 Å². The van der Waals surface area contributed by atoms with Crippen molar-refractivity contribution in [3.63, 3.8) is 0 Å². The van der Waals surface area contributed by atoms with E-state index in [0.717, 1.165) is 16.7 Å². The molecular weight excluding hydrogens is 222 g/mol. The highest BCUT2D eigenvalue weighted by Gasteiger charge is 2.08. The second-order valence-electron chi connectivity index (χ2n) is 4.78. The van der Waals surface area contributed by atoms with Crippen LogP contribution in [0.4, 0.5) is 0 Å². The molecule has 2 aromatic rings. The Morgan fingerprint density at radius 3 is 2.67 bits per heavy atom. The van der Waals surface area contributed by atoms with Gasteiger partial charge in [0.2, 0.25) is 0 Å². The SMILES string of the molecule is C=CC(C)c1ccc2nccc(OC(C)C)c2c1. The van der Waals surface area contributed by atoms with Gasteiger partial charge in [-0.25, -0.2) is 0 Å². The number of fused-ring (bicyclic) bond motifs is 1. The smallest absolute Gasteiger partial charge is 0.130 e. The highest BCUT2D eigenvalue weighted by molar-refractivity contribution is 5.85. The molecule has 0 aliphatic carbocycles. The zero-order valence-electron chi connectivity index (χ0n) is 11.2. The van der Waals surface area contributed by atoms with Crippen LogP contribution in [0, 0.1) is 0 Å². The van der Waals surface area contributed by atoms with Crippen molar-refractivity contribution in [2.45, 2.75) is 32.8 Å². The van der Waals surface area contributed by atoms with Crippen LogP contribution < -0.4 is 4.74 Å². The lowest BCUT2D eigenvalue weighted by molar-refractivity contribution is 0.245. The number of nitrogens with zero attached hydrogens (tertiary/aromatic N) is 1. The largest absolute Gasteiger partial charge is 0.490 e. The molecule has 0 fully saturated rings. The molecule has 1 aromatic heterocycles. The average Bonchev–Trinajstić information content (AvgIpc) is 2.37. The first-order valence-electron chi connectivity index (χ1n) is 6.29. The van der Waals surface area contributed by atoms with E-state index >= 15 is 0 Å². The van der Waals surface area contributed by atoms with E-state index in [0.29, 0.717) is 5.92 Å². The lowest BCUT2D eigenvalue weighted by atomic mass is 9.99. The lowest BCUT2D eigenvalue weighted by Gasteiger charge is -2.13. The molecule has 2 heteroatoms. The van der Waals surface area contributed by atoms with Crippen LogP contribution in [0.15, 0.2) is 43.1 Å². The van der Waals surface area contributed by atoms with Gasteiger partial charge in [-0.15, -0.1) is 6.58 Å². The van der Waals surface area contributed by atoms with Crippen molar-refractivity contribution in [2.24, 2.45) is 0 Å². The Bertz CT molecular complexity index is 560. The van der Waals surface area contributed by atoms with Crippen LogP contribution in [0.25, 0.3) is 10.9 Å². The van der Waals surface area contributed by atoms with Crippen LogP contribution in [0.3, 0.4) is 0 Å². The standard InChI is InChI=1S/C16H19NO/c1-5-12(4)13-6-7-15-14(10-13)16(8-9-17-15)18-11(2)3/h5-12H,1H2,2-4H3. The van der Waals surface area contributed by atoms with Crippen molar-refractivity contribution in [1.82, 2.24) is 4.98 Å². The molecule has 0 spiro atoms. The summed E-state index contributed by atoms with van der Waals surface area (Å²) in [6.07, 6.45) is 3.90. The minimum absolute atomic E-state index is 0.163. The van der Waals surface area contributed by atoms with Gasteiger partial charge in [0.05, 0.1) is 11.6 Å². The molecule has 0 bridgehead atoms. The van der Waals surface area contributed by atoms with Gasteiger partial charge in [0.1, 0.15) is 5.75 Å². The minimum atomic E-state index is 0.163. The van der Waals surface area contributed by atoms with Gasteiger partial charge in [0, 0.05) is 11.6 Å². The molecule has 1 unspecified atom stereocenters. The first kappa shape index (κ1) is 12.6. The van der Waals surface area contributed by atoms with Crippen LogP contribution >= 0.6 is 0 Å². The second kappa shape index (κ2) is 5.21. The van der Waals surface area contributed by atoms with E-state index in [1.54, 1.807) is 6.20 Å². The van der Waals surface area contributed by atoms with E-state index in [1.165, 1.54) is 5.56 Å². The molecule has 0 amide bonds. The van der Waals surface area contributed by atoms with Gasteiger partial charge >= 0.3 is 0 Å². The van der Waals surface area contributed by atoms with Gasteiger partial charge < -0.3 is 4.74 Å². The van der Waals surface area contributed by atoms with E-state index < -0.39 is 0 Å². The van der Waals surface area contributed by atoms with E-state index in [1.807, 2.05) is 32.1 Å². The van der Waals surface area contributed by atoms with Crippen LogP contribution in [0.1, 0.15) is 32.3 Å². The van der Waals surface area contributed by atoms with Crippen LogP contribution in [0.5, 0.6) is 5.75 Å². The minimum Gasteiger partial charge on any atom is -0.490 e. The van der Waals surface area contributed by atoms with Crippen LogP contribution in [0.2, 0.25) is 0 Å². The van der Waals surface area contributed by atoms with Crippen molar-refractivity contribution in [2.75, 3.05) is 0 Å². The summed E-state index contributed by atoms with van der Waals surface area (Å²) in [6, 6.07) is 8.20. The molecule has 2 rings (SSSR count). The Morgan fingerprint density at radius 2 is 2.00 bits per heavy atom. The third kappa shape index (κ3) is 2.53. The summed E-state index contributed by atoms with van der Waals surface area (Å²) in [6.45, 7) is 10.0. The second-order valence-corrected chi connectivity index (χ2v) is 4.78. The zero-order valence-corrected chi connectivity index (χ0v) is 11.2. The number of aromatic nitrogens is 1. The highest BCUT2D eigenvalue weighted by Crippen LogP contribution is 2.28. The molecule has 0 aliphatic heterocycles. The van der Waals surface area contributed by atoms with E-state index in [9.17, 15) is 0 Å². The summed E-state index contributed by atoms with van der Waals surface area (Å²) in [5.41, 5.74) is 2.20. The molecule has 0 saturated carbocycles. The fraction of sp³-hybridized carbons (Fsp3) is 0.312. The van der Waals surface area contributed by atoms with E-state index in [4.69, 9.17) is 4.74 Å². The van der Waals surface area contributed by atoms with Crippen LogP contribution in [-0.2, 0) is 0 Å². The van der Waals surface area contributed by atoms with Crippen molar-refractivity contribution in [3.8, 4) is 5.75 Å². The maximum absolute atomic E-state index is 5.83. The number of rotatable bonds is 4. The maximum Gasteiger partial charge on any atom is 0.130 e. The number of benzene rings is 1. The highest BCUT2D eigenvalue weighted by atomic mass is 16.5. The van der Waals surface area contributed by atoms with Gasteiger partial charge in [0.25, 0.3) is 0 Å². The van der Waals surface area contributed by atoms with Crippen molar-refractivity contribution in [1.29, 1.82) is 0 Å². The molecular formula is C16H19NO. The first-order valence-corrected chi connectivity index (χ1v) is 6.29. The van der Waals surface area contributed by atoms with Gasteiger partial charge in [-0.05, 0) is 43.5 Å².